The fraction of sp³-hybridized carbons (Fsp3) is 0.143. The highest BCUT2D eigenvalue weighted by molar-refractivity contribution is 6.07. The maximum atomic E-state index is 12.5. The van der Waals surface area contributed by atoms with Crippen molar-refractivity contribution in [3.8, 4) is 11.4 Å². The molecule has 136 valence electrons. The van der Waals surface area contributed by atoms with E-state index in [0.29, 0.717) is 22.7 Å². The van der Waals surface area contributed by atoms with Gasteiger partial charge in [0.1, 0.15) is 5.75 Å². The third-order valence-corrected chi connectivity index (χ3v) is 4.16. The summed E-state index contributed by atoms with van der Waals surface area (Å²) in [6.45, 7) is 3.25. The molecule has 0 spiro atoms. The van der Waals surface area contributed by atoms with E-state index in [9.17, 15) is 9.59 Å². The number of nitrogens with zero attached hydrogens (tertiary/aromatic N) is 3. The number of allylic oxidation sites excluding steroid dienone is 1. The number of rotatable bonds is 6. The lowest BCUT2D eigenvalue weighted by Gasteiger charge is -2.07. The smallest absolute Gasteiger partial charge is 0.185 e. The Morgan fingerprint density at radius 1 is 1.11 bits per heavy atom. The van der Waals surface area contributed by atoms with Crippen molar-refractivity contribution < 1.29 is 14.3 Å². The number of benzene rings is 2. The third-order valence-electron chi connectivity index (χ3n) is 4.16. The third kappa shape index (κ3) is 3.84. The summed E-state index contributed by atoms with van der Waals surface area (Å²) in [5, 5.41) is 8.04. The van der Waals surface area contributed by atoms with E-state index in [1.807, 2.05) is 24.3 Å². The number of carbonyl (C=O) groups is 2. The van der Waals surface area contributed by atoms with Crippen LogP contribution in [-0.2, 0) is 0 Å². The maximum Gasteiger partial charge on any atom is 0.185 e. The highest BCUT2D eigenvalue weighted by atomic mass is 16.5. The highest BCUT2D eigenvalue weighted by Crippen LogP contribution is 2.19. The van der Waals surface area contributed by atoms with Gasteiger partial charge in [0.25, 0.3) is 0 Å². The molecule has 0 fully saturated rings. The first-order valence-corrected chi connectivity index (χ1v) is 8.40. The van der Waals surface area contributed by atoms with E-state index in [1.54, 1.807) is 49.1 Å². The summed E-state index contributed by atoms with van der Waals surface area (Å²) in [4.78, 5) is 24.1. The van der Waals surface area contributed by atoms with E-state index in [4.69, 9.17) is 4.74 Å². The molecule has 0 unspecified atom stereocenters. The lowest BCUT2D eigenvalue weighted by atomic mass is 10.1. The van der Waals surface area contributed by atoms with Crippen LogP contribution in [0, 0.1) is 6.92 Å². The molecule has 0 aliphatic heterocycles. The Balaban J connectivity index is 1.93. The van der Waals surface area contributed by atoms with E-state index in [2.05, 4.69) is 10.3 Å². The van der Waals surface area contributed by atoms with Gasteiger partial charge >= 0.3 is 0 Å². The minimum Gasteiger partial charge on any atom is -0.497 e. The minimum atomic E-state index is -0.139. The predicted octanol–water partition coefficient (Wildman–Crippen LogP) is 3.68. The molecule has 6 heteroatoms. The molecule has 0 atom stereocenters. The van der Waals surface area contributed by atoms with Gasteiger partial charge < -0.3 is 4.74 Å². The van der Waals surface area contributed by atoms with Gasteiger partial charge in [0.15, 0.2) is 17.3 Å². The molecule has 1 aromatic heterocycles. The summed E-state index contributed by atoms with van der Waals surface area (Å²) < 4.78 is 6.76. The van der Waals surface area contributed by atoms with Crippen molar-refractivity contribution in [3.05, 3.63) is 77.1 Å². The van der Waals surface area contributed by atoms with Gasteiger partial charge in [0.05, 0.1) is 18.5 Å². The van der Waals surface area contributed by atoms with Gasteiger partial charge in [-0.15, -0.1) is 5.10 Å². The van der Waals surface area contributed by atoms with E-state index >= 15 is 0 Å². The Morgan fingerprint density at radius 3 is 2.59 bits per heavy atom. The first kappa shape index (κ1) is 18.3. The van der Waals surface area contributed by atoms with Crippen LogP contribution in [0.15, 0.2) is 54.6 Å². The Bertz CT molecular complexity index is 1030. The van der Waals surface area contributed by atoms with E-state index < -0.39 is 0 Å². The summed E-state index contributed by atoms with van der Waals surface area (Å²) in [6.07, 6.45) is 3.23. The average Bonchev–Trinajstić information content (AvgIpc) is 3.07. The molecule has 2 aromatic carbocycles. The van der Waals surface area contributed by atoms with Crippen LogP contribution in [0.25, 0.3) is 11.8 Å². The SMILES string of the molecule is COc1cccc(C(=O)/C=C/c2ccccc2-n2nnc(C(C)=O)c2C)c1. The van der Waals surface area contributed by atoms with Crippen LogP contribution < -0.4 is 4.74 Å². The van der Waals surface area contributed by atoms with Crippen molar-refractivity contribution in [1.29, 1.82) is 0 Å². The van der Waals surface area contributed by atoms with Crippen LogP contribution in [0.3, 0.4) is 0 Å². The largest absolute Gasteiger partial charge is 0.497 e. The second kappa shape index (κ2) is 7.78. The predicted molar refractivity (Wildman–Crippen MR) is 102 cm³/mol. The van der Waals surface area contributed by atoms with E-state index in [-0.39, 0.29) is 11.6 Å². The second-order valence-electron chi connectivity index (χ2n) is 5.98. The number of hydrogen-bond donors (Lipinski definition) is 0. The fourth-order valence-electron chi connectivity index (χ4n) is 2.74. The van der Waals surface area contributed by atoms with Crippen LogP contribution >= 0.6 is 0 Å². The summed E-state index contributed by atoms with van der Waals surface area (Å²) in [5.41, 5.74) is 3.06. The van der Waals surface area contributed by atoms with Crippen LogP contribution in [0.4, 0.5) is 0 Å². The standard InChI is InChI=1S/C21H19N3O3/c1-14-21(15(2)25)22-23-24(14)19-10-5-4-7-16(19)11-12-20(26)17-8-6-9-18(13-17)27-3/h4-13H,1-3H3/b12-11+. The normalized spacial score (nSPS) is 10.9. The number of hydrogen-bond acceptors (Lipinski definition) is 5. The van der Waals surface area contributed by atoms with Crippen molar-refractivity contribution in [2.24, 2.45) is 0 Å². The maximum absolute atomic E-state index is 12.5. The molecule has 0 radical (unpaired) electrons. The van der Waals surface area contributed by atoms with Gasteiger partial charge in [0, 0.05) is 18.1 Å². The lowest BCUT2D eigenvalue weighted by Crippen LogP contribution is -2.03. The second-order valence-corrected chi connectivity index (χ2v) is 5.98. The Hall–Kier alpha value is -3.54. The van der Waals surface area contributed by atoms with Gasteiger partial charge in [-0.1, -0.05) is 35.5 Å². The van der Waals surface area contributed by atoms with Crippen molar-refractivity contribution in [3.63, 3.8) is 0 Å². The highest BCUT2D eigenvalue weighted by Gasteiger charge is 2.15. The summed E-state index contributed by atoms with van der Waals surface area (Å²) in [5.74, 6) is 0.355. The van der Waals surface area contributed by atoms with Gasteiger partial charge in [-0.05, 0) is 37.3 Å². The van der Waals surface area contributed by atoms with Gasteiger partial charge in [-0.25, -0.2) is 4.68 Å². The van der Waals surface area contributed by atoms with Crippen LogP contribution in [0.1, 0.15) is 39.0 Å². The molecule has 0 amide bonds. The molecule has 6 nitrogen and oxygen atoms in total. The topological polar surface area (TPSA) is 74.1 Å². The summed E-state index contributed by atoms with van der Waals surface area (Å²) in [7, 11) is 1.56. The number of Topliss-reactive ketones (excluding diaryl/α,β-unsaturated/α-hetero) is 1. The number of methoxy groups -OCH3 is 1. The average molecular weight is 361 g/mol. The quantitative estimate of drug-likeness (QED) is 0.494. The van der Waals surface area contributed by atoms with Gasteiger partial charge in [0.2, 0.25) is 0 Å². The number of aromatic nitrogens is 3. The Kier molecular flexibility index (Phi) is 5.26. The molecule has 0 aliphatic carbocycles. The summed E-state index contributed by atoms with van der Waals surface area (Å²) in [6, 6.07) is 14.5. The van der Waals surface area contributed by atoms with Crippen LogP contribution in [-0.4, -0.2) is 33.7 Å². The molecular weight excluding hydrogens is 342 g/mol. The first-order chi connectivity index (χ1) is 13.0. The molecule has 0 N–H and O–H groups in total. The molecule has 0 aliphatic rings. The zero-order chi connectivity index (χ0) is 19.4. The molecule has 3 aromatic rings. The van der Waals surface area contributed by atoms with Gasteiger partial charge in [-0.3, -0.25) is 9.59 Å². The number of ketones is 2. The summed E-state index contributed by atoms with van der Waals surface area (Å²) >= 11 is 0. The molecule has 0 bridgehead atoms. The van der Waals surface area contributed by atoms with Crippen molar-refractivity contribution in [1.82, 2.24) is 15.0 Å². The molecule has 0 saturated carbocycles. The van der Waals surface area contributed by atoms with Crippen molar-refractivity contribution in [2.75, 3.05) is 7.11 Å². The fourth-order valence-corrected chi connectivity index (χ4v) is 2.74. The molecular formula is C21H19N3O3. The number of carbonyl (C=O) groups excluding carboxylic acids is 2. The van der Waals surface area contributed by atoms with Gasteiger partial charge in [-0.2, -0.15) is 0 Å². The minimum absolute atomic E-state index is 0.136. The van der Waals surface area contributed by atoms with Crippen LogP contribution in [0.2, 0.25) is 0 Å². The molecule has 3 rings (SSSR count). The van der Waals surface area contributed by atoms with E-state index in [1.165, 1.54) is 13.0 Å². The number of para-hydroxylation sites is 1. The van der Waals surface area contributed by atoms with E-state index in [0.717, 1.165) is 11.3 Å². The van der Waals surface area contributed by atoms with Crippen molar-refractivity contribution >= 4 is 17.6 Å². The Morgan fingerprint density at radius 2 is 1.89 bits per heavy atom. The zero-order valence-corrected chi connectivity index (χ0v) is 15.3. The Labute approximate surface area is 157 Å². The first-order valence-electron chi connectivity index (χ1n) is 8.40. The van der Waals surface area contributed by atoms with Crippen molar-refractivity contribution in [2.45, 2.75) is 13.8 Å². The molecule has 1 heterocycles. The van der Waals surface area contributed by atoms with Crippen LogP contribution in [0.5, 0.6) is 5.75 Å². The lowest BCUT2D eigenvalue weighted by molar-refractivity contribution is 0.101. The monoisotopic (exact) mass is 361 g/mol. The molecule has 0 saturated heterocycles. The number of ether oxygens (including phenoxy) is 1. The molecule has 27 heavy (non-hydrogen) atoms. The zero-order valence-electron chi connectivity index (χ0n) is 15.3.